The number of rotatable bonds is 13. The standard InChI is InChI=1S/C16H34O2/c1-3-4-10-13-16(2,18)14-11-8-6-5-7-9-12-15-17/h17-18H,3-15H2,1-2H3/t16-/m0/s1. The van der Waals surface area contributed by atoms with E-state index in [1.165, 1.54) is 38.5 Å². The van der Waals surface area contributed by atoms with E-state index in [1.807, 2.05) is 6.92 Å². The van der Waals surface area contributed by atoms with E-state index in [0.29, 0.717) is 6.61 Å². The molecule has 0 aromatic rings. The topological polar surface area (TPSA) is 40.5 Å². The van der Waals surface area contributed by atoms with Crippen molar-refractivity contribution in [3.05, 3.63) is 0 Å². The van der Waals surface area contributed by atoms with Crippen molar-refractivity contribution in [2.45, 2.75) is 96.5 Å². The van der Waals surface area contributed by atoms with Gasteiger partial charge in [0, 0.05) is 6.61 Å². The zero-order valence-corrected chi connectivity index (χ0v) is 12.6. The Morgan fingerprint density at radius 1 is 0.722 bits per heavy atom. The van der Waals surface area contributed by atoms with Gasteiger partial charge in [0.25, 0.3) is 0 Å². The van der Waals surface area contributed by atoms with Crippen LogP contribution in [0.3, 0.4) is 0 Å². The summed E-state index contributed by atoms with van der Waals surface area (Å²) in [6.07, 6.45) is 13.8. The lowest BCUT2D eigenvalue weighted by molar-refractivity contribution is 0.0367. The Morgan fingerprint density at radius 3 is 1.67 bits per heavy atom. The summed E-state index contributed by atoms with van der Waals surface area (Å²) in [4.78, 5) is 0. The molecule has 2 heteroatoms. The molecular formula is C16H34O2. The molecule has 0 saturated heterocycles. The van der Waals surface area contributed by atoms with E-state index in [0.717, 1.165) is 38.5 Å². The highest BCUT2D eigenvalue weighted by Crippen LogP contribution is 2.22. The van der Waals surface area contributed by atoms with E-state index in [9.17, 15) is 5.11 Å². The van der Waals surface area contributed by atoms with Gasteiger partial charge in [-0.25, -0.2) is 0 Å². The number of hydrogen-bond donors (Lipinski definition) is 2. The minimum absolute atomic E-state index is 0.334. The van der Waals surface area contributed by atoms with Gasteiger partial charge in [-0.3, -0.25) is 0 Å². The third-order valence-electron chi connectivity index (χ3n) is 3.69. The molecule has 0 aromatic heterocycles. The highest BCUT2D eigenvalue weighted by Gasteiger charge is 2.18. The van der Waals surface area contributed by atoms with Gasteiger partial charge in [0.05, 0.1) is 5.60 Å². The van der Waals surface area contributed by atoms with Crippen molar-refractivity contribution < 1.29 is 10.2 Å². The minimum Gasteiger partial charge on any atom is -0.396 e. The highest BCUT2D eigenvalue weighted by molar-refractivity contribution is 4.72. The monoisotopic (exact) mass is 258 g/mol. The van der Waals surface area contributed by atoms with Crippen LogP contribution >= 0.6 is 0 Å². The second kappa shape index (κ2) is 12.0. The Morgan fingerprint density at radius 2 is 1.17 bits per heavy atom. The third-order valence-corrected chi connectivity index (χ3v) is 3.69. The second-order valence-electron chi connectivity index (χ2n) is 5.90. The largest absolute Gasteiger partial charge is 0.396 e. The van der Waals surface area contributed by atoms with Crippen molar-refractivity contribution in [2.75, 3.05) is 6.61 Å². The molecule has 110 valence electrons. The van der Waals surface area contributed by atoms with E-state index in [1.54, 1.807) is 0 Å². The van der Waals surface area contributed by atoms with Crippen LogP contribution in [0.15, 0.2) is 0 Å². The Kier molecular flexibility index (Phi) is 11.9. The molecule has 0 unspecified atom stereocenters. The number of aliphatic hydroxyl groups is 2. The van der Waals surface area contributed by atoms with Gasteiger partial charge >= 0.3 is 0 Å². The fraction of sp³-hybridized carbons (Fsp3) is 1.00. The average molecular weight is 258 g/mol. The fourth-order valence-electron chi connectivity index (χ4n) is 2.38. The maximum Gasteiger partial charge on any atom is 0.0619 e. The SMILES string of the molecule is CCCCC[C@](C)(O)CCCCCCCCCO. The van der Waals surface area contributed by atoms with E-state index in [-0.39, 0.29) is 0 Å². The van der Waals surface area contributed by atoms with Crippen LogP contribution in [0.2, 0.25) is 0 Å². The van der Waals surface area contributed by atoms with Crippen molar-refractivity contribution >= 4 is 0 Å². The molecule has 18 heavy (non-hydrogen) atoms. The first kappa shape index (κ1) is 17.9. The summed E-state index contributed by atoms with van der Waals surface area (Å²) >= 11 is 0. The maximum absolute atomic E-state index is 10.2. The van der Waals surface area contributed by atoms with E-state index >= 15 is 0 Å². The molecule has 0 aliphatic heterocycles. The zero-order chi connectivity index (χ0) is 13.7. The molecule has 0 radical (unpaired) electrons. The van der Waals surface area contributed by atoms with E-state index in [2.05, 4.69) is 6.92 Å². The van der Waals surface area contributed by atoms with Gasteiger partial charge in [0.1, 0.15) is 0 Å². The predicted octanol–water partition coefficient (Wildman–Crippen LogP) is 4.43. The van der Waals surface area contributed by atoms with E-state index < -0.39 is 5.60 Å². The summed E-state index contributed by atoms with van der Waals surface area (Å²) in [6.45, 7) is 4.52. The van der Waals surface area contributed by atoms with Gasteiger partial charge in [-0.2, -0.15) is 0 Å². The molecule has 0 rings (SSSR count). The summed E-state index contributed by atoms with van der Waals surface area (Å²) in [5, 5.41) is 18.8. The van der Waals surface area contributed by atoms with Gasteiger partial charge in [-0.05, 0) is 26.2 Å². The molecule has 0 saturated carbocycles. The maximum atomic E-state index is 10.2. The molecule has 0 aliphatic carbocycles. The Hall–Kier alpha value is -0.0800. The highest BCUT2D eigenvalue weighted by atomic mass is 16.3. The Labute approximate surface area is 114 Å². The van der Waals surface area contributed by atoms with Gasteiger partial charge in [-0.15, -0.1) is 0 Å². The summed E-state index contributed by atoms with van der Waals surface area (Å²) in [5.74, 6) is 0. The van der Waals surface area contributed by atoms with Crippen molar-refractivity contribution in [3.8, 4) is 0 Å². The summed E-state index contributed by atoms with van der Waals surface area (Å²) in [7, 11) is 0. The first-order valence-corrected chi connectivity index (χ1v) is 7.95. The summed E-state index contributed by atoms with van der Waals surface area (Å²) < 4.78 is 0. The molecular weight excluding hydrogens is 224 g/mol. The minimum atomic E-state index is -0.438. The molecule has 0 amide bonds. The first-order valence-electron chi connectivity index (χ1n) is 7.95. The van der Waals surface area contributed by atoms with Crippen LogP contribution in [-0.4, -0.2) is 22.4 Å². The molecule has 0 aromatic carbocycles. The molecule has 0 spiro atoms. The van der Waals surface area contributed by atoms with Gasteiger partial charge in [0.2, 0.25) is 0 Å². The summed E-state index contributed by atoms with van der Waals surface area (Å²) in [6, 6.07) is 0. The van der Waals surface area contributed by atoms with E-state index in [4.69, 9.17) is 5.11 Å². The quantitative estimate of drug-likeness (QED) is 0.480. The molecule has 2 nitrogen and oxygen atoms in total. The van der Waals surface area contributed by atoms with Gasteiger partial charge < -0.3 is 10.2 Å². The zero-order valence-electron chi connectivity index (χ0n) is 12.6. The lowest BCUT2D eigenvalue weighted by Crippen LogP contribution is -2.23. The second-order valence-corrected chi connectivity index (χ2v) is 5.90. The van der Waals surface area contributed by atoms with Crippen LogP contribution in [0.5, 0.6) is 0 Å². The fourth-order valence-corrected chi connectivity index (χ4v) is 2.38. The molecule has 1 atom stereocenters. The van der Waals surface area contributed by atoms with Gasteiger partial charge in [-0.1, -0.05) is 64.7 Å². The van der Waals surface area contributed by atoms with Crippen molar-refractivity contribution in [1.82, 2.24) is 0 Å². The predicted molar refractivity (Wildman–Crippen MR) is 78.8 cm³/mol. The van der Waals surface area contributed by atoms with Gasteiger partial charge in [0.15, 0.2) is 0 Å². The van der Waals surface area contributed by atoms with Crippen LogP contribution in [0, 0.1) is 0 Å². The first-order chi connectivity index (χ1) is 8.62. The Balaban J connectivity index is 3.30. The third kappa shape index (κ3) is 12.4. The van der Waals surface area contributed by atoms with Crippen molar-refractivity contribution in [1.29, 1.82) is 0 Å². The van der Waals surface area contributed by atoms with Crippen molar-refractivity contribution in [3.63, 3.8) is 0 Å². The van der Waals surface area contributed by atoms with Crippen LogP contribution in [0.4, 0.5) is 0 Å². The number of unbranched alkanes of at least 4 members (excludes halogenated alkanes) is 8. The van der Waals surface area contributed by atoms with Crippen LogP contribution < -0.4 is 0 Å². The molecule has 2 N–H and O–H groups in total. The lowest BCUT2D eigenvalue weighted by atomic mass is 9.92. The smallest absolute Gasteiger partial charge is 0.0619 e. The van der Waals surface area contributed by atoms with Crippen LogP contribution in [0.25, 0.3) is 0 Å². The van der Waals surface area contributed by atoms with Crippen molar-refractivity contribution in [2.24, 2.45) is 0 Å². The Bertz CT molecular complexity index is 166. The lowest BCUT2D eigenvalue weighted by Gasteiger charge is -2.23. The number of aliphatic hydroxyl groups excluding tert-OH is 1. The van der Waals surface area contributed by atoms with Crippen LogP contribution in [0.1, 0.15) is 90.9 Å². The summed E-state index contributed by atoms with van der Waals surface area (Å²) in [5.41, 5.74) is -0.438. The number of hydrogen-bond acceptors (Lipinski definition) is 2. The molecule has 0 aliphatic rings. The molecule has 0 bridgehead atoms. The van der Waals surface area contributed by atoms with Crippen LogP contribution in [-0.2, 0) is 0 Å². The molecule has 0 fully saturated rings. The molecule has 0 heterocycles. The average Bonchev–Trinajstić information content (AvgIpc) is 2.33. The normalized spacial score (nSPS) is 14.7.